The number of carboxylic acids is 1. The van der Waals surface area contributed by atoms with Gasteiger partial charge >= 0.3 is 5.97 Å². The minimum absolute atomic E-state index is 0.0204. The molecule has 0 aromatic heterocycles. The monoisotopic (exact) mass is 197 g/mol. The highest BCUT2D eigenvalue weighted by Gasteiger charge is 2.57. The number of ketones is 1. The highest BCUT2D eigenvalue weighted by atomic mass is 16.6. The molecule has 2 aliphatic rings. The topological polar surface area (TPSA) is 92.9 Å². The third-order valence-corrected chi connectivity index (χ3v) is 2.64. The molecule has 0 amide bonds. The normalized spacial score (nSPS) is 36.4. The van der Waals surface area contributed by atoms with E-state index in [4.69, 9.17) is 15.6 Å². The molecule has 1 heterocycles. The number of carbonyl (C=O) groups is 2. The van der Waals surface area contributed by atoms with E-state index in [-0.39, 0.29) is 18.3 Å². The number of hydrogen-bond acceptors (Lipinski definition) is 4. The Bertz CT molecular complexity index is 325. The number of allylic oxidation sites excluding steroid dienone is 1. The summed E-state index contributed by atoms with van der Waals surface area (Å²) in [6.07, 6.45) is 3.48. The third-order valence-electron chi connectivity index (χ3n) is 2.64. The van der Waals surface area contributed by atoms with Gasteiger partial charge < -0.3 is 15.6 Å². The van der Waals surface area contributed by atoms with Crippen molar-refractivity contribution in [3.8, 4) is 0 Å². The summed E-state index contributed by atoms with van der Waals surface area (Å²) in [5.74, 6) is -1.02. The fourth-order valence-corrected chi connectivity index (χ4v) is 1.76. The van der Waals surface area contributed by atoms with Gasteiger partial charge in [0, 0.05) is 12.8 Å². The second kappa shape index (κ2) is 2.90. The van der Waals surface area contributed by atoms with Gasteiger partial charge in [0.2, 0.25) is 0 Å². The van der Waals surface area contributed by atoms with E-state index in [1.165, 1.54) is 6.08 Å². The number of epoxide rings is 1. The van der Waals surface area contributed by atoms with Gasteiger partial charge in [0.05, 0.1) is 6.10 Å². The zero-order valence-corrected chi connectivity index (χ0v) is 7.47. The summed E-state index contributed by atoms with van der Waals surface area (Å²) in [6, 6.07) is -0.933. The summed E-state index contributed by atoms with van der Waals surface area (Å²) in [7, 11) is 0. The minimum atomic E-state index is -1.04. The number of carbonyl (C=O) groups excluding carboxylic acids is 1. The number of aliphatic carboxylic acids is 1. The summed E-state index contributed by atoms with van der Waals surface area (Å²) in [5.41, 5.74) is 4.82. The molecule has 5 heteroatoms. The Balaban J connectivity index is 2.03. The summed E-state index contributed by atoms with van der Waals surface area (Å²) >= 11 is 0. The van der Waals surface area contributed by atoms with Gasteiger partial charge in [-0.3, -0.25) is 9.59 Å². The SMILES string of the molecule is N[C@@H](CC12C=CC(=O)CC1O2)C(=O)O. The molecule has 3 N–H and O–H groups in total. The quantitative estimate of drug-likeness (QED) is 0.592. The van der Waals surface area contributed by atoms with Crippen molar-refractivity contribution in [2.24, 2.45) is 5.73 Å². The fourth-order valence-electron chi connectivity index (χ4n) is 1.76. The van der Waals surface area contributed by atoms with Crippen molar-refractivity contribution in [1.82, 2.24) is 0 Å². The van der Waals surface area contributed by atoms with Crippen molar-refractivity contribution in [2.75, 3.05) is 0 Å². The van der Waals surface area contributed by atoms with Crippen LogP contribution in [0.1, 0.15) is 12.8 Å². The van der Waals surface area contributed by atoms with Gasteiger partial charge in [-0.1, -0.05) is 0 Å². The number of carboxylic acid groups (broad SMARTS) is 1. The van der Waals surface area contributed by atoms with Crippen molar-refractivity contribution in [3.63, 3.8) is 0 Å². The lowest BCUT2D eigenvalue weighted by atomic mass is 9.89. The molecule has 76 valence electrons. The molecule has 0 aromatic rings. The molecule has 1 saturated heterocycles. The van der Waals surface area contributed by atoms with E-state index < -0.39 is 17.6 Å². The Labute approximate surface area is 80.5 Å². The Hall–Kier alpha value is -1.20. The first-order valence-corrected chi connectivity index (χ1v) is 4.42. The maximum Gasteiger partial charge on any atom is 0.320 e. The molecule has 0 spiro atoms. The highest BCUT2D eigenvalue weighted by molar-refractivity contribution is 5.92. The molecule has 0 radical (unpaired) electrons. The minimum Gasteiger partial charge on any atom is -0.480 e. The first-order chi connectivity index (χ1) is 6.53. The van der Waals surface area contributed by atoms with Gasteiger partial charge in [0.25, 0.3) is 0 Å². The molecule has 2 unspecified atom stereocenters. The van der Waals surface area contributed by atoms with Crippen LogP contribution >= 0.6 is 0 Å². The Morgan fingerprint density at radius 1 is 1.86 bits per heavy atom. The Morgan fingerprint density at radius 3 is 3.14 bits per heavy atom. The van der Waals surface area contributed by atoms with Crippen molar-refractivity contribution in [2.45, 2.75) is 30.6 Å². The van der Waals surface area contributed by atoms with E-state index in [0.717, 1.165) is 0 Å². The largest absolute Gasteiger partial charge is 0.480 e. The number of nitrogens with two attached hydrogens (primary N) is 1. The molecule has 3 atom stereocenters. The molecular weight excluding hydrogens is 186 g/mol. The van der Waals surface area contributed by atoms with Crippen LogP contribution in [0.2, 0.25) is 0 Å². The van der Waals surface area contributed by atoms with Crippen LogP contribution in [-0.2, 0) is 14.3 Å². The average Bonchev–Trinajstić information content (AvgIpc) is 2.77. The van der Waals surface area contributed by atoms with Crippen LogP contribution < -0.4 is 5.73 Å². The third kappa shape index (κ3) is 1.44. The van der Waals surface area contributed by atoms with Gasteiger partial charge in [-0.05, 0) is 12.2 Å². The van der Waals surface area contributed by atoms with Crippen molar-refractivity contribution in [1.29, 1.82) is 0 Å². The number of ether oxygens (including phenoxy) is 1. The second-order valence-electron chi connectivity index (χ2n) is 3.71. The number of hydrogen-bond donors (Lipinski definition) is 2. The van der Waals surface area contributed by atoms with Gasteiger partial charge in [-0.15, -0.1) is 0 Å². The molecule has 14 heavy (non-hydrogen) atoms. The highest BCUT2D eigenvalue weighted by Crippen LogP contribution is 2.46. The van der Waals surface area contributed by atoms with Gasteiger partial charge in [0.15, 0.2) is 5.78 Å². The lowest BCUT2D eigenvalue weighted by molar-refractivity contribution is -0.138. The van der Waals surface area contributed by atoms with E-state index in [1.807, 2.05) is 0 Å². The summed E-state index contributed by atoms with van der Waals surface area (Å²) in [4.78, 5) is 21.5. The molecule has 2 rings (SSSR count). The first-order valence-electron chi connectivity index (χ1n) is 4.42. The Morgan fingerprint density at radius 2 is 2.57 bits per heavy atom. The van der Waals surface area contributed by atoms with E-state index >= 15 is 0 Å². The maximum absolute atomic E-state index is 10.9. The standard InChI is InChI=1S/C9H11NO4/c10-6(8(12)13)4-9-2-1-5(11)3-7(9)14-9/h1-2,6-7H,3-4,10H2,(H,12,13)/t6-,7?,9?/m0/s1. The average molecular weight is 197 g/mol. The zero-order valence-electron chi connectivity index (χ0n) is 7.47. The lowest BCUT2D eigenvalue weighted by Crippen LogP contribution is -2.36. The van der Waals surface area contributed by atoms with Crippen LogP contribution in [0.25, 0.3) is 0 Å². The van der Waals surface area contributed by atoms with E-state index in [9.17, 15) is 9.59 Å². The van der Waals surface area contributed by atoms with E-state index in [2.05, 4.69) is 0 Å². The summed E-state index contributed by atoms with van der Waals surface area (Å²) in [5, 5.41) is 8.63. The lowest BCUT2D eigenvalue weighted by Gasteiger charge is -2.13. The van der Waals surface area contributed by atoms with Gasteiger partial charge in [0.1, 0.15) is 11.6 Å². The van der Waals surface area contributed by atoms with Gasteiger partial charge in [-0.25, -0.2) is 0 Å². The second-order valence-corrected chi connectivity index (χ2v) is 3.71. The van der Waals surface area contributed by atoms with Crippen molar-refractivity contribution in [3.05, 3.63) is 12.2 Å². The van der Waals surface area contributed by atoms with Crippen molar-refractivity contribution >= 4 is 11.8 Å². The first kappa shape index (κ1) is 9.36. The molecular formula is C9H11NO4. The van der Waals surface area contributed by atoms with E-state index in [1.54, 1.807) is 6.08 Å². The maximum atomic E-state index is 10.9. The van der Waals surface area contributed by atoms with Crippen LogP contribution in [0.3, 0.4) is 0 Å². The summed E-state index contributed by atoms with van der Waals surface area (Å²) < 4.78 is 5.31. The van der Waals surface area contributed by atoms with Crippen molar-refractivity contribution < 1.29 is 19.4 Å². The zero-order chi connectivity index (χ0) is 10.3. The van der Waals surface area contributed by atoms with Crippen LogP contribution in [-0.4, -0.2) is 34.6 Å². The van der Waals surface area contributed by atoms with Crippen LogP contribution in [0.15, 0.2) is 12.2 Å². The summed E-state index contributed by atoms with van der Waals surface area (Å²) in [6.45, 7) is 0. The van der Waals surface area contributed by atoms with Crippen LogP contribution in [0, 0.1) is 0 Å². The molecule has 0 saturated carbocycles. The Kier molecular flexibility index (Phi) is 1.94. The molecule has 0 aromatic carbocycles. The molecule has 5 nitrogen and oxygen atoms in total. The molecule has 0 bridgehead atoms. The van der Waals surface area contributed by atoms with Gasteiger partial charge in [-0.2, -0.15) is 0 Å². The molecule has 1 aliphatic carbocycles. The van der Waals surface area contributed by atoms with E-state index in [0.29, 0.717) is 6.42 Å². The fraction of sp³-hybridized carbons (Fsp3) is 0.556. The molecule has 1 fully saturated rings. The number of rotatable bonds is 3. The predicted octanol–water partition coefficient (Wildman–Crippen LogP) is -0.545. The number of fused-ring (bicyclic) bond motifs is 1. The molecule has 1 aliphatic heterocycles. The smallest absolute Gasteiger partial charge is 0.320 e. The van der Waals surface area contributed by atoms with Crippen LogP contribution in [0.4, 0.5) is 0 Å². The predicted molar refractivity (Wildman–Crippen MR) is 46.6 cm³/mol. The van der Waals surface area contributed by atoms with Crippen LogP contribution in [0.5, 0.6) is 0 Å².